The third-order valence-corrected chi connectivity index (χ3v) is 7.12. The molecule has 2 heterocycles. The third kappa shape index (κ3) is 4.54. The molecule has 0 bridgehead atoms. The van der Waals surface area contributed by atoms with E-state index in [1.807, 2.05) is 4.90 Å². The molecule has 1 N–H and O–H groups in total. The second kappa shape index (κ2) is 8.70. The van der Waals surface area contributed by atoms with E-state index in [0.717, 1.165) is 77.5 Å². The zero-order chi connectivity index (χ0) is 19.6. The molecule has 0 aromatic heterocycles. The molecular weight excluding hydrogens is 356 g/mol. The third-order valence-electron chi connectivity index (χ3n) is 7.12. The summed E-state index contributed by atoms with van der Waals surface area (Å²) in [5, 5.41) is 3.21. The van der Waals surface area contributed by atoms with Gasteiger partial charge in [-0.1, -0.05) is 6.92 Å². The van der Waals surface area contributed by atoms with E-state index in [2.05, 4.69) is 12.2 Å². The second-order valence-electron chi connectivity index (χ2n) is 9.27. The van der Waals surface area contributed by atoms with Gasteiger partial charge in [0.2, 0.25) is 11.8 Å². The number of hydrogen-bond acceptors (Lipinski definition) is 4. The summed E-state index contributed by atoms with van der Waals surface area (Å²) in [6, 6.07) is -0.0309. The van der Waals surface area contributed by atoms with Gasteiger partial charge in [-0.15, -0.1) is 0 Å². The summed E-state index contributed by atoms with van der Waals surface area (Å²) in [6.07, 6.45) is 9.67. The first-order chi connectivity index (χ1) is 13.6. The fourth-order valence-electron chi connectivity index (χ4n) is 5.18. The normalized spacial score (nSPS) is 32.5. The number of piperidine rings is 1. The van der Waals surface area contributed by atoms with Gasteiger partial charge in [0, 0.05) is 38.1 Å². The minimum atomic E-state index is -0.0309. The molecule has 3 atom stereocenters. The Morgan fingerprint density at radius 3 is 2.50 bits per heavy atom. The van der Waals surface area contributed by atoms with Crippen LogP contribution in [0.2, 0.25) is 0 Å². The van der Waals surface area contributed by atoms with Crippen LogP contribution in [0.4, 0.5) is 0 Å². The quantitative estimate of drug-likeness (QED) is 0.755. The van der Waals surface area contributed by atoms with Crippen LogP contribution in [0.15, 0.2) is 0 Å². The molecule has 28 heavy (non-hydrogen) atoms. The van der Waals surface area contributed by atoms with Gasteiger partial charge in [-0.05, 0) is 64.2 Å². The minimum Gasteiger partial charge on any atom is -0.376 e. The lowest BCUT2D eigenvalue weighted by Gasteiger charge is -2.42. The van der Waals surface area contributed by atoms with Crippen molar-refractivity contribution in [1.82, 2.24) is 10.2 Å². The van der Waals surface area contributed by atoms with Crippen LogP contribution in [0, 0.1) is 11.8 Å². The van der Waals surface area contributed by atoms with Crippen molar-refractivity contribution in [2.24, 2.45) is 11.8 Å². The maximum Gasteiger partial charge on any atom is 0.225 e. The monoisotopic (exact) mass is 392 g/mol. The maximum absolute atomic E-state index is 13.2. The zero-order valence-corrected chi connectivity index (χ0v) is 17.3. The van der Waals surface area contributed by atoms with E-state index in [4.69, 9.17) is 9.47 Å². The van der Waals surface area contributed by atoms with Gasteiger partial charge in [-0.2, -0.15) is 0 Å². The van der Waals surface area contributed by atoms with Gasteiger partial charge in [-0.25, -0.2) is 0 Å². The number of hydrogen-bond donors (Lipinski definition) is 1. The Morgan fingerprint density at radius 1 is 1.11 bits per heavy atom. The summed E-state index contributed by atoms with van der Waals surface area (Å²) >= 11 is 0. The Balaban J connectivity index is 1.33. The van der Waals surface area contributed by atoms with Gasteiger partial charge in [0.25, 0.3) is 0 Å². The van der Waals surface area contributed by atoms with Crippen molar-refractivity contribution in [3.05, 3.63) is 0 Å². The van der Waals surface area contributed by atoms with Crippen LogP contribution in [0.3, 0.4) is 0 Å². The molecule has 0 unspecified atom stereocenters. The van der Waals surface area contributed by atoms with E-state index >= 15 is 0 Å². The SMILES string of the molecule is CCCO[C@@H]1CC[C@H](C(=O)N2CCC3(CCCO3)CC2)C[C@H]1NC(=O)C1CC1. The predicted molar refractivity (Wildman–Crippen MR) is 106 cm³/mol. The largest absolute Gasteiger partial charge is 0.376 e. The lowest BCUT2D eigenvalue weighted by atomic mass is 9.81. The summed E-state index contributed by atoms with van der Waals surface area (Å²) in [6.45, 7) is 5.31. The highest BCUT2D eigenvalue weighted by molar-refractivity contribution is 5.82. The van der Waals surface area contributed by atoms with Gasteiger partial charge in [-0.3, -0.25) is 9.59 Å². The van der Waals surface area contributed by atoms with Crippen LogP contribution >= 0.6 is 0 Å². The van der Waals surface area contributed by atoms with E-state index in [-0.39, 0.29) is 41.4 Å². The highest BCUT2D eigenvalue weighted by Gasteiger charge is 2.43. The molecule has 0 aromatic carbocycles. The van der Waals surface area contributed by atoms with Crippen molar-refractivity contribution in [1.29, 1.82) is 0 Å². The van der Waals surface area contributed by atoms with Crippen LogP contribution < -0.4 is 5.32 Å². The molecule has 2 aliphatic carbocycles. The fourth-order valence-corrected chi connectivity index (χ4v) is 5.18. The first-order valence-corrected chi connectivity index (χ1v) is 11.4. The van der Waals surface area contributed by atoms with Crippen LogP contribution in [0.5, 0.6) is 0 Å². The van der Waals surface area contributed by atoms with Crippen molar-refractivity contribution in [2.45, 2.75) is 88.9 Å². The molecule has 0 aromatic rings. The van der Waals surface area contributed by atoms with E-state index in [1.54, 1.807) is 0 Å². The smallest absolute Gasteiger partial charge is 0.225 e. The van der Waals surface area contributed by atoms with Gasteiger partial charge in [0.1, 0.15) is 0 Å². The summed E-state index contributed by atoms with van der Waals surface area (Å²) in [7, 11) is 0. The van der Waals surface area contributed by atoms with Crippen molar-refractivity contribution in [3.63, 3.8) is 0 Å². The number of amides is 2. The van der Waals surface area contributed by atoms with Crippen LogP contribution in [-0.2, 0) is 19.1 Å². The van der Waals surface area contributed by atoms with Crippen LogP contribution in [-0.4, -0.2) is 60.8 Å². The molecule has 1 spiro atoms. The average Bonchev–Trinajstić information content (AvgIpc) is 3.48. The molecule has 4 aliphatic rings. The number of nitrogens with one attached hydrogen (secondary N) is 1. The Bertz CT molecular complexity index is 561. The highest BCUT2D eigenvalue weighted by Crippen LogP contribution is 2.37. The second-order valence-corrected chi connectivity index (χ2v) is 9.27. The summed E-state index contributed by atoms with van der Waals surface area (Å²) in [4.78, 5) is 27.6. The Hall–Kier alpha value is -1.14. The van der Waals surface area contributed by atoms with E-state index in [1.165, 1.54) is 0 Å². The van der Waals surface area contributed by atoms with Gasteiger partial charge >= 0.3 is 0 Å². The topological polar surface area (TPSA) is 67.9 Å². The fraction of sp³-hybridized carbons (Fsp3) is 0.909. The zero-order valence-electron chi connectivity index (χ0n) is 17.3. The molecule has 158 valence electrons. The Kier molecular flexibility index (Phi) is 6.26. The highest BCUT2D eigenvalue weighted by atomic mass is 16.5. The summed E-state index contributed by atoms with van der Waals surface area (Å²) in [5.74, 6) is 0.617. The lowest BCUT2D eigenvalue weighted by Crippen LogP contribution is -2.53. The summed E-state index contributed by atoms with van der Waals surface area (Å²) in [5.41, 5.74) is 0.0448. The molecule has 2 saturated heterocycles. The average molecular weight is 393 g/mol. The standard InChI is InChI=1S/C22H36N2O4/c1-2-13-27-19-7-6-17(15-18(19)23-20(25)16-4-5-16)21(26)24-11-9-22(10-12-24)8-3-14-28-22/h16-19H,2-15H2,1H3,(H,23,25)/t17-,18+,19+/m0/s1. The van der Waals surface area contributed by atoms with E-state index in [0.29, 0.717) is 13.0 Å². The van der Waals surface area contributed by atoms with Gasteiger partial charge in [0.05, 0.1) is 17.7 Å². The number of carbonyl (C=O) groups excluding carboxylic acids is 2. The van der Waals surface area contributed by atoms with Crippen molar-refractivity contribution in [2.75, 3.05) is 26.3 Å². The molecule has 2 aliphatic heterocycles. The summed E-state index contributed by atoms with van der Waals surface area (Å²) < 4.78 is 12.0. The number of rotatable bonds is 6. The minimum absolute atomic E-state index is 0.00419. The van der Waals surface area contributed by atoms with E-state index in [9.17, 15) is 9.59 Å². The Labute approximate surface area is 168 Å². The molecule has 6 nitrogen and oxygen atoms in total. The number of nitrogens with zero attached hydrogens (tertiary/aromatic N) is 1. The lowest BCUT2D eigenvalue weighted by molar-refractivity contribution is -0.144. The molecule has 4 fully saturated rings. The molecular formula is C22H36N2O4. The van der Waals surface area contributed by atoms with Crippen LogP contribution in [0.1, 0.15) is 71.1 Å². The number of ether oxygens (including phenoxy) is 2. The first-order valence-electron chi connectivity index (χ1n) is 11.4. The first kappa shape index (κ1) is 20.1. The predicted octanol–water partition coefficient (Wildman–Crippen LogP) is 2.65. The van der Waals surface area contributed by atoms with Gasteiger partial charge in [0.15, 0.2) is 0 Å². The molecule has 2 saturated carbocycles. The number of likely N-dealkylation sites (tertiary alicyclic amines) is 1. The van der Waals surface area contributed by atoms with E-state index < -0.39 is 0 Å². The molecule has 0 radical (unpaired) electrons. The molecule has 6 heteroatoms. The van der Waals surface area contributed by atoms with Crippen molar-refractivity contribution < 1.29 is 19.1 Å². The van der Waals surface area contributed by atoms with Gasteiger partial charge < -0.3 is 19.7 Å². The molecule has 2 amide bonds. The van der Waals surface area contributed by atoms with Crippen molar-refractivity contribution in [3.8, 4) is 0 Å². The Morgan fingerprint density at radius 2 is 1.86 bits per heavy atom. The maximum atomic E-state index is 13.2. The molecule has 4 rings (SSSR count). The van der Waals surface area contributed by atoms with Crippen molar-refractivity contribution >= 4 is 11.8 Å². The number of carbonyl (C=O) groups is 2. The van der Waals surface area contributed by atoms with Crippen LogP contribution in [0.25, 0.3) is 0 Å².